The van der Waals surface area contributed by atoms with Crippen molar-refractivity contribution < 1.29 is 9.52 Å². The molecule has 4 rings (SSSR count). The lowest BCUT2D eigenvalue weighted by molar-refractivity contribution is 0.145. The molecule has 1 atom stereocenters. The lowest BCUT2D eigenvalue weighted by Gasteiger charge is -2.10. The summed E-state index contributed by atoms with van der Waals surface area (Å²) in [5, 5.41) is 15.7. The molecule has 0 unspecified atom stereocenters. The average molecular weight is 311 g/mol. The lowest BCUT2D eigenvalue weighted by Crippen LogP contribution is -2.16. The number of hydrogen-bond acceptors (Lipinski definition) is 4. The Balaban J connectivity index is 1.77. The minimum absolute atomic E-state index is 0.401. The van der Waals surface area contributed by atoms with E-state index in [-0.39, 0.29) is 0 Å². The van der Waals surface area contributed by atoms with Crippen molar-refractivity contribution in [1.29, 1.82) is 0 Å². The largest absolute Gasteiger partial charge is 0.461 e. The van der Waals surface area contributed by atoms with E-state index >= 15 is 0 Å². The van der Waals surface area contributed by atoms with Crippen LogP contribution in [-0.2, 0) is 6.54 Å². The molecule has 5 nitrogen and oxygen atoms in total. The average Bonchev–Trinajstić information content (AvgIpc) is 3.20. The fraction of sp³-hybridized carbons (Fsp3) is 0.444. The van der Waals surface area contributed by atoms with Crippen molar-refractivity contribution in [3.63, 3.8) is 0 Å². The van der Waals surface area contributed by atoms with Crippen molar-refractivity contribution in [1.82, 2.24) is 14.8 Å². The molecule has 23 heavy (non-hydrogen) atoms. The predicted octanol–water partition coefficient (Wildman–Crippen LogP) is 3.65. The highest BCUT2D eigenvalue weighted by molar-refractivity contribution is 5.82. The molecule has 0 saturated heterocycles. The number of rotatable bonds is 5. The van der Waals surface area contributed by atoms with Crippen LogP contribution in [0.1, 0.15) is 43.7 Å². The summed E-state index contributed by atoms with van der Waals surface area (Å²) in [7, 11) is 0. The van der Waals surface area contributed by atoms with E-state index in [0.29, 0.717) is 18.9 Å². The molecule has 1 aliphatic rings. The third kappa shape index (κ3) is 2.77. The van der Waals surface area contributed by atoms with Gasteiger partial charge in [-0.1, -0.05) is 6.92 Å². The van der Waals surface area contributed by atoms with Gasteiger partial charge in [0.15, 0.2) is 11.6 Å². The lowest BCUT2D eigenvalue weighted by atomic mass is 10.1. The summed E-state index contributed by atoms with van der Waals surface area (Å²) in [5.74, 6) is 3.14. The van der Waals surface area contributed by atoms with Gasteiger partial charge in [0.2, 0.25) is 0 Å². The SMILES string of the molecule is CC[C@H](O)Cn1nc(C2CC2)nc1-c1ccc2oc(C)cc2c1. The van der Waals surface area contributed by atoms with Gasteiger partial charge in [0, 0.05) is 16.9 Å². The van der Waals surface area contributed by atoms with E-state index in [1.54, 1.807) is 0 Å². The summed E-state index contributed by atoms with van der Waals surface area (Å²) < 4.78 is 7.50. The molecule has 0 spiro atoms. The molecule has 1 saturated carbocycles. The Morgan fingerprint density at radius 3 is 2.91 bits per heavy atom. The quantitative estimate of drug-likeness (QED) is 0.781. The Morgan fingerprint density at radius 2 is 2.17 bits per heavy atom. The van der Waals surface area contributed by atoms with Crippen LogP contribution in [0.15, 0.2) is 28.7 Å². The molecule has 5 heteroatoms. The molecule has 1 aromatic carbocycles. The van der Waals surface area contributed by atoms with Gasteiger partial charge in [0.1, 0.15) is 11.3 Å². The molecule has 1 fully saturated rings. The smallest absolute Gasteiger partial charge is 0.158 e. The Hall–Kier alpha value is -2.14. The summed E-state index contributed by atoms with van der Waals surface area (Å²) >= 11 is 0. The maximum Gasteiger partial charge on any atom is 0.158 e. The molecule has 0 amide bonds. The van der Waals surface area contributed by atoms with Crippen molar-refractivity contribution in [3.05, 3.63) is 35.9 Å². The first-order valence-electron chi connectivity index (χ1n) is 8.27. The number of furan rings is 1. The van der Waals surface area contributed by atoms with Crippen LogP contribution >= 0.6 is 0 Å². The van der Waals surface area contributed by atoms with E-state index in [0.717, 1.165) is 33.9 Å². The first kappa shape index (κ1) is 14.5. The maximum absolute atomic E-state index is 10.0. The van der Waals surface area contributed by atoms with Gasteiger partial charge in [-0.2, -0.15) is 5.10 Å². The van der Waals surface area contributed by atoms with E-state index in [9.17, 15) is 5.11 Å². The zero-order valence-electron chi connectivity index (χ0n) is 13.5. The van der Waals surface area contributed by atoms with Crippen LogP contribution in [-0.4, -0.2) is 26.0 Å². The van der Waals surface area contributed by atoms with E-state index in [2.05, 4.69) is 11.2 Å². The van der Waals surface area contributed by atoms with Gasteiger partial charge < -0.3 is 9.52 Å². The van der Waals surface area contributed by atoms with Crippen molar-refractivity contribution in [2.75, 3.05) is 0 Å². The molecule has 2 aromatic heterocycles. The van der Waals surface area contributed by atoms with Crippen LogP contribution in [0, 0.1) is 6.92 Å². The number of aryl methyl sites for hydroxylation is 1. The summed E-state index contributed by atoms with van der Waals surface area (Å²) in [6.45, 7) is 4.41. The van der Waals surface area contributed by atoms with Crippen LogP contribution < -0.4 is 0 Å². The van der Waals surface area contributed by atoms with Crippen LogP contribution in [0.2, 0.25) is 0 Å². The minimum atomic E-state index is -0.401. The van der Waals surface area contributed by atoms with Crippen molar-refractivity contribution in [3.8, 4) is 11.4 Å². The molecule has 2 heterocycles. The van der Waals surface area contributed by atoms with Gasteiger partial charge in [-0.3, -0.25) is 0 Å². The van der Waals surface area contributed by atoms with Crippen molar-refractivity contribution in [2.45, 2.75) is 51.7 Å². The normalized spacial score (nSPS) is 16.1. The van der Waals surface area contributed by atoms with Gasteiger partial charge >= 0.3 is 0 Å². The van der Waals surface area contributed by atoms with Gasteiger partial charge in [0.25, 0.3) is 0 Å². The summed E-state index contributed by atoms with van der Waals surface area (Å²) in [6.07, 6.45) is 2.64. The number of aliphatic hydroxyl groups excluding tert-OH is 1. The van der Waals surface area contributed by atoms with Crippen LogP contribution in [0.4, 0.5) is 0 Å². The summed E-state index contributed by atoms with van der Waals surface area (Å²) in [6, 6.07) is 8.11. The van der Waals surface area contributed by atoms with Gasteiger partial charge in [0.05, 0.1) is 12.6 Å². The highest BCUT2D eigenvalue weighted by atomic mass is 16.3. The van der Waals surface area contributed by atoms with E-state index in [1.165, 1.54) is 12.8 Å². The number of aromatic nitrogens is 3. The fourth-order valence-corrected chi connectivity index (χ4v) is 2.86. The maximum atomic E-state index is 10.0. The van der Waals surface area contributed by atoms with E-state index < -0.39 is 6.10 Å². The Morgan fingerprint density at radius 1 is 1.35 bits per heavy atom. The number of fused-ring (bicyclic) bond motifs is 1. The second kappa shape index (κ2) is 5.49. The topological polar surface area (TPSA) is 64.1 Å². The van der Waals surface area contributed by atoms with Crippen LogP contribution in [0.5, 0.6) is 0 Å². The third-order valence-corrected chi connectivity index (χ3v) is 4.38. The molecule has 0 aliphatic heterocycles. The minimum Gasteiger partial charge on any atom is -0.461 e. The summed E-state index contributed by atoms with van der Waals surface area (Å²) in [4.78, 5) is 4.75. The molecule has 0 bridgehead atoms. The van der Waals surface area contributed by atoms with Gasteiger partial charge in [-0.05, 0) is 50.5 Å². The number of aliphatic hydroxyl groups is 1. The summed E-state index contributed by atoms with van der Waals surface area (Å²) in [5.41, 5.74) is 1.90. The monoisotopic (exact) mass is 311 g/mol. The second-order valence-electron chi connectivity index (χ2n) is 6.42. The van der Waals surface area contributed by atoms with Crippen molar-refractivity contribution >= 4 is 11.0 Å². The molecule has 1 N–H and O–H groups in total. The Labute approximate surface area is 134 Å². The van der Waals surface area contributed by atoms with Crippen molar-refractivity contribution in [2.24, 2.45) is 0 Å². The molecular weight excluding hydrogens is 290 g/mol. The number of benzene rings is 1. The van der Waals surface area contributed by atoms with Crippen LogP contribution in [0.3, 0.4) is 0 Å². The highest BCUT2D eigenvalue weighted by Gasteiger charge is 2.29. The molecule has 0 radical (unpaired) electrons. The van der Waals surface area contributed by atoms with E-state index in [4.69, 9.17) is 9.40 Å². The predicted molar refractivity (Wildman–Crippen MR) is 88.2 cm³/mol. The third-order valence-electron chi connectivity index (χ3n) is 4.38. The molecule has 120 valence electrons. The molecular formula is C18H21N3O2. The first-order valence-corrected chi connectivity index (χ1v) is 8.27. The fourth-order valence-electron chi connectivity index (χ4n) is 2.86. The highest BCUT2D eigenvalue weighted by Crippen LogP contribution is 2.39. The zero-order chi connectivity index (χ0) is 16.0. The number of hydrogen-bond donors (Lipinski definition) is 1. The molecule has 1 aliphatic carbocycles. The van der Waals surface area contributed by atoms with E-state index in [1.807, 2.05) is 36.7 Å². The zero-order valence-corrected chi connectivity index (χ0v) is 13.5. The van der Waals surface area contributed by atoms with Gasteiger partial charge in [-0.25, -0.2) is 9.67 Å². The Bertz CT molecular complexity index is 845. The van der Waals surface area contributed by atoms with Crippen LogP contribution in [0.25, 0.3) is 22.4 Å². The second-order valence-corrected chi connectivity index (χ2v) is 6.42. The first-order chi connectivity index (χ1) is 11.1. The molecule has 3 aromatic rings. The van der Waals surface area contributed by atoms with Gasteiger partial charge in [-0.15, -0.1) is 0 Å². The standard InChI is InChI=1S/C18H21N3O2/c1-3-15(22)10-21-18(19-17(20-21)12-4-5-12)13-6-7-16-14(9-13)8-11(2)23-16/h6-9,12,15,22H,3-5,10H2,1-2H3/t15-/m0/s1. The Kier molecular flexibility index (Phi) is 3.45. The number of nitrogens with zero attached hydrogens (tertiary/aromatic N) is 3.